The van der Waals surface area contributed by atoms with E-state index >= 15 is 0 Å². The van der Waals surface area contributed by atoms with E-state index in [1.165, 1.54) is 0 Å². The summed E-state index contributed by atoms with van der Waals surface area (Å²) in [5, 5.41) is 9.84. The van der Waals surface area contributed by atoms with Gasteiger partial charge in [0.2, 0.25) is 5.95 Å². The number of nitrogens with zero attached hydrogens (tertiary/aromatic N) is 3. The fourth-order valence-corrected chi connectivity index (χ4v) is 3.09. The van der Waals surface area contributed by atoms with Crippen molar-refractivity contribution >= 4 is 23.5 Å². The molecule has 1 aliphatic heterocycles. The van der Waals surface area contributed by atoms with E-state index in [-0.39, 0.29) is 6.04 Å². The number of rotatable bonds is 3. The van der Waals surface area contributed by atoms with Gasteiger partial charge in [0.15, 0.2) is 0 Å². The van der Waals surface area contributed by atoms with Crippen LogP contribution in [0, 0.1) is 0 Å². The number of carboxylic acids is 1. The first kappa shape index (κ1) is 14.5. The SMILES string of the molecule is C[C@H]1COCCN1c1nc(Cl)cc(C2(C(=O)O)CCC2)n1. The molecule has 1 N–H and O–H groups in total. The number of aliphatic carboxylic acids is 1. The number of aromatic nitrogens is 2. The summed E-state index contributed by atoms with van der Waals surface area (Å²) >= 11 is 6.11. The Morgan fingerprint density at radius 3 is 2.86 bits per heavy atom. The monoisotopic (exact) mass is 311 g/mol. The Morgan fingerprint density at radius 2 is 2.29 bits per heavy atom. The van der Waals surface area contributed by atoms with Gasteiger partial charge in [0, 0.05) is 6.54 Å². The standard InChI is InChI=1S/C14H18ClN3O3/c1-9-8-21-6-5-18(9)13-16-10(7-11(15)17-13)14(12(19)20)3-2-4-14/h7,9H,2-6,8H2,1H3,(H,19,20)/t9-/m0/s1. The lowest BCUT2D eigenvalue weighted by atomic mass is 9.66. The maximum absolute atomic E-state index is 11.6. The lowest BCUT2D eigenvalue weighted by molar-refractivity contribution is -0.147. The van der Waals surface area contributed by atoms with Crippen molar-refractivity contribution in [2.24, 2.45) is 0 Å². The molecule has 2 aliphatic rings. The minimum atomic E-state index is -0.892. The number of hydrogen-bond acceptors (Lipinski definition) is 5. The van der Waals surface area contributed by atoms with E-state index < -0.39 is 11.4 Å². The maximum atomic E-state index is 11.6. The predicted octanol–water partition coefficient (Wildman–Crippen LogP) is 1.86. The molecule has 2 fully saturated rings. The van der Waals surface area contributed by atoms with Gasteiger partial charge in [-0.2, -0.15) is 0 Å². The highest BCUT2D eigenvalue weighted by Crippen LogP contribution is 2.44. The van der Waals surface area contributed by atoms with E-state index in [0.717, 1.165) is 6.42 Å². The normalized spacial score (nSPS) is 24.5. The largest absolute Gasteiger partial charge is 0.481 e. The van der Waals surface area contributed by atoms with Gasteiger partial charge in [-0.15, -0.1) is 0 Å². The molecule has 1 atom stereocenters. The molecule has 0 unspecified atom stereocenters. The van der Waals surface area contributed by atoms with E-state index in [1.807, 2.05) is 11.8 Å². The molecule has 1 aromatic rings. The van der Waals surface area contributed by atoms with Crippen LogP contribution in [-0.2, 0) is 14.9 Å². The second kappa shape index (κ2) is 5.42. The lowest BCUT2D eigenvalue weighted by Gasteiger charge is -2.38. The van der Waals surface area contributed by atoms with E-state index in [2.05, 4.69) is 9.97 Å². The van der Waals surface area contributed by atoms with E-state index in [0.29, 0.717) is 49.4 Å². The van der Waals surface area contributed by atoms with Gasteiger partial charge in [-0.3, -0.25) is 4.79 Å². The number of morpholine rings is 1. The molecule has 3 rings (SSSR count). The molecule has 0 aromatic carbocycles. The first-order valence-corrected chi connectivity index (χ1v) is 7.53. The zero-order valence-electron chi connectivity index (χ0n) is 11.9. The number of halogens is 1. The van der Waals surface area contributed by atoms with Crippen molar-refractivity contribution < 1.29 is 14.6 Å². The first-order chi connectivity index (χ1) is 10.0. The van der Waals surface area contributed by atoms with Gasteiger partial charge in [0.05, 0.1) is 24.9 Å². The molecule has 7 heteroatoms. The van der Waals surface area contributed by atoms with Crippen LogP contribution in [0.5, 0.6) is 0 Å². The molecule has 0 radical (unpaired) electrons. The average molecular weight is 312 g/mol. The molecule has 6 nitrogen and oxygen atoms in total. The van der Waals surface area contributed by atoms with Gasteiger partial charge in [0.25, 0.3) is 0 Å². The fraction of sp³-hybridized carbons (Fsp3) is 0.643. The quantitative estimate of drug-likeness (QED) is 0.859. The molecule has 0 spiro atoms. The Balaban J connectivity index is 1.98. The van der Waals surface area contributed by atoms with Crippen LogP contribution in [0.4, 0.5) is 5.95 Å². The highest BCUT2D eigenvalue weighted by molar-refractivity contribution is 6.29. The summed E-state index contributed by atoms with van der Waals surface area (Å²) in [4.78, 5) is 22.4. The third-order valence-corrected chi connectivity index (χ3v) is 4.61. The summed E-state index contributed by atoms with van der Waals surface area (Å²) in [5.74, 6) is -0.328. The minimum absolute atomic E-state index is 0.146. The molecule has 0 amide bonds. The van der Waals surface area contributed by atoms with Crippen LogP contribution in [0.1, 0.15) is 31.9 Å². The molecule has 2 heterocycles. The van der Waals surface area contributed by atoms with E-state index in [9.17, 15) is 9.90 Å². The minimum Gasteiger partial charge on any atom is -0.481 e. The zero-order valence-corrected chi connectivity index (χ0v) is 12.6. The molecule has 21 heavy (non-hydrogen) atoms. The molecule has 1 saturated heterocycles. The number of anilines is 1. The van der Waals surface area contributed by atoms with Crippen LogP contribution in [0.3, 0.4) is 0 Å². The van der Waals surface area contributed by atoms with Gasteiger partial charge in [-0.05, 0) is 25.8 Å². The predicted molar refractivity (Wildman–Crippen MR) is 77.8 cm³/mol. The van der Waals surface area contributed by atoms with Crippen LogP contribution < -0.4 is 4.90 Å². The van der Waals surface area contributed by atoms with Crippen molar-refractivity contribution in [2.45, 2.75) is 37.6 Å². The first-order valence-electron chi connectivity index (χ1n) is 7.16. The summed E-state index contributed by atoms with van der Waals surface area (Å²) < 4.78 is 5.41. The van der Waals surface area contributed by atoms with Crippen LogP contribution in [0.15, 0.2) is 6.07 Å². The molecule has 1 aliphatic carbocycles. The van der Waals surface area contributed by atoms with Crippen molar-refractivity contribution in [3.05, 3.63) is 16.9 Å². The van der Waals surface area contributed by atoms with Crippen LogP contribution >= 0.6 is 11.6 Å². The van der Waals surface area contributed by atoms with Crippen LogP contribution in [0.2, 0.25) is 5.15 Å². The smallest absolute Gasteiger partial charge is 0.315 e. The molecular weight excluding hydrogens is 294 g/mol. The molecule has 1 aromatic heterocycles. The van der Waals surface area contributed by atoms with Crippen molar-refractivity contribution in [3.63, 3.8) is 0 Å². The van der Waals surface area contributed by atoms with Gasteiger partial charge in [-0.25, -0.2) is 9.97 Å². The van der Waals surface area contributed by atoms with E-state index in [1.54, 1.807) is 6.07 Å². The molecular formula is C14H18ClN3O3. The van der Waals surface area contributed by atoms with Gasteiger partial charge < -0.3 is 14.7 Å². The molecule has 0 bridgehead atoms. The maximum Gasteiger partial charge on any atom is 0.315 e. The van der Waals surface area contributed by atoms with Crippen molar-refractivity contribution in [2.75, 3.05) is 24.7 Å². The van der Waals surface area contributed by atoms with Crippen molar-refractivity contribution in [1.29, 1.82) is 0 Å². The topological polar surface area (TPSA) is 75.5 Å². The highest BCUT2D eigenvalue weighted by Gasteiger charge is 2.48. The summed E-state index contributed by atoms with van der Waals surface area (Å²) in [7, 11) is 0. The Morgan fingerprint density at radius 1 is 1.52 bits per heavy atom. The molecule has 114 valence electrons. The number of carbonyl (C=O) groups is 1. The Bertz CT molecular complexity index is 562. The second-order valence-electron chi connectivity index (χ2n) is 5.73. The van der Waals surface area contributed by atoms with Gasteiger partial charge in [0.1, 0.15) is 10.6 Å². The Kier molecular flexibility index (Phi) is 3.75. The summed E-state index contributed by atoms with van der Waals surface area (Å²) in [6.45, 7) is 3.93. The zero-order chi connectivity index (χ0) is 15.0. The van der Waals surface area contributed by atoms with Crippen LogP contribution in [0.25, 0.3) is 0 Å². The van der Waals surface area contributed by atoms with Gasteiger partial charge in [-0.1, -0.05) is 18.0 Å². The Labute approximate surface area is 128 Å². The fourth-order valence-electron chi connectivity index (χ4n) is 2.91. The van der Waals surface area contributed by atoms with Gasteiger partial charge >= 0.3 is 5.97 Å². The average Bonchev–Trinajstić information content (AvgIpc) is 2.36. The third-order valence-electron chi connectivity index (χ3n) is 4.41. The summed E-state index contributed by atoms with van der Waals surface area (Å²) in [6.07, 6.45) is 2.11. The summed E-state index contributed by atoms with van der Waals surface area (Å²) in [6, 6.07) is 1.73. The van der Waals surface area contributed by atoms with Crippen molar-refractivity contribution in [3.8, 4) is 0 Å². The number of carboxylic acid groups (broad SMARTS) is 1. The Hall–Kier alpha value is -1.40. The van der Waals surface area contributed by atoms with Crippen molar-refractivity contribution in [1.82, 2.24) is 9.97 Å². The van der Waals surface area contributed by atoms with E-state index in [4.69, 9.17) is 16.3 Å². The number of hydrogen-bond donors (Lipinski definition) is 1. The van der Waals surface area contributed by atoms with Crippen LogP contribution in [-0.4, -0.2) is 46.8 Å². The third kappa shape index (κ3) is 2.46. The lowest BCUT2D eigenvalue weighted by Crippen LogP contribution is -2.46. The highest BCUT2D eigenvalue weighted by atomic mass is 35.5. The second-order valence-corrected chi connectivity index (χ2v) is 6.12. The summed E-state index contributed by atoms with van der Waals surface area (Å²) in [5.41, 5.74) is -0.369. The molecule has 1 saturated carbocycles. The number of ether oxygens (including phenoxy) is 1.